The number of benzene rings is 2. The highest BCUT2D eigenvalue weighted by molar-refractivity contribution is 6.35. The largest absolute Gasteiger partial charge is 0.491 e. The zero-order valence-corrected chi connectivity index (χ0v) is 19.8. The van der Waals surface area contributed by atoms with E-state index in [1.54, 1.807) is 28.8 Å². The Morgan fingerprint density at radius 1 is 1.21 bits per heavy atom. The molecule has 3 heterocycles. The summed E-state index contributed by atoms with van der Waals surface area (Å²) in [5, 5.41) is 13.1. The van der Waals surface area contributed by atoms with E-state index in [0.717, 1.165) is 16.6 Å². The van der Waals surface area contributed by atoms with Crippen LogP contribution in [0.5, 0.6) is 5.75 Å². The molecule has 7 nitrogen and oxygen atoms in total. The minimum atomic E-state index is -0.384. The number of likely N-dealkylation sites (N-methyl/N-ethyl adjacent to an activating group) is 1. The number of hydrogen-bond donors (Lipinski definition) is 1. The number of H-pyrrole nitrogens is 1. The average molecular weight is 480 g/mol. The SMILES string of the molecule is CCc1c2c(nn1C)C(=O)N(C)CCOc1ccc(F)cc1-c1cc(Cl)c3[nH]nc(c3c1)/C=C/2. The van der Waals surface area contributed by atoms with Crippen LogP contribution in [-0.2, 0) is 13.5 Å². The minimum absolute atomic E-state index is 0.205. The van der Waals surface area contributed by atoms with Crippen LogP contribution in [0.25, 0.3) is 34.2 Å². The highest BCUT2D eigenvalue weighted by atomic mass is 35.5. The van der Waals surface area contributed by atoms with Crippen molar-refractivity contribution < 1.29 is 13.9 Å². The monoisotopic (exact) mass is 479 g/mol. The summed E-state index contributed by atoms with van der Waals surface area (Å²) in [5.74, 6) is -0.0893. The Balaban J connectivity index is 1.75. The van der Waals surface area contributed by atoms with Crippen LogP contribution >= 0.6 is 11.6 Å². The van der Waals surface area contributed by atoms with Crippen LogP contribution in [0.4, 0.5) is 4.39 Å². The Morgan fingerprint density at radius 3 is 2.82 bits per heavy atom. The number of halogens is 2. The summed E-state index contributed by atoms with van der Waals surface area (Å²) in [6.07, 6.45) is 4.42. The van der Waals surface area contributed by atoms with Gasteiger partial charge >= 0.3 is 0 Å². The van der Waals surface area contributed by atoms with E-state index in [-0.39, 0.29) is 18.3 Å². The Kier molecular flexibility index (Phi) is 5.61. The summed E-state index contributed by atoms with van der Waals surface area (Å²) in [6, 6.07) is 8.03. The number of ether oxygens (including phenoxy) is 1. The van der Waals surface area contributed by atoms with Crippen molar-refractivity contribution in [2.75, 3.05) is 20.2 Å². The molecule has 0 unspecified atom stereocenters. The highest BCUT2D eigenvalue weighted by Gasteiger charge is 2.23. The van der Waals surface area contributed by atoms with Crippen molar-refractivity contribution in [3.8, 4) is 16.9 Å². The third-order valence-electron chi connectivity index (χ3n) is 6.09. The van der Waals surface area contributed by atoms with Crippen LogP contribution in [0.2, 0.25) is 5.02 Å². The molecule has 0 saturated heterocycles. The molecule has 9 heteroatoms. The van der Waals surface area contributed by atoms with Crippen molar-refractivity contribution in [1.29, 1.82) is 0 Å². The second kappa shape index (κ2) is 8.61. The number of fused-ring (bicyclic) bond motifs is 4. The van der Waals surface area contributed by atoms with Crippen LogP contribution in [0.1, 0.15) is 34.4 Å². The van der Waals surface area contributed by atoms with Crippen LogP contribution in [0, 0.1) is 5.82 Å². The first-order chi connectivity index (χ1) is 16.4. The van der Waals surface area contributed by atoms with Crippen molar-refractivity contribution in [3.05, 3.63) is 63.8 Å². The number of carbonyl (C=O) groups is 1. The van der Waals surface area contributed by atoms with E-state index in [1.807, 2.05) is 32.2 Å². The molecule has 1 aliphatic rings. The lowest BCUT2D eigenvalue weighted by molar-refractivity contribution is 0.0767. The second-order valence-electron chi connectivity index (χ2n) is 8.22. The van der Waals surface area contributed by atoms with Crippen molar-refractivity contribution >= 4 is 40.6 Å². The summed E-state index contributed by atoms with van der Waals surface area (Å²) in [6.45, 7) is 2.58. The number of aryl methyl sites for hydroxylation is 1. The van der Waals surface area contributed by atoms with Gasteiger partial charge in [-0.15, -0.1) is 0 Å². The lowest BCUT2D eigenvalue weighted by Crippen LogP contribution is -2.31. The molecule has 1 aliphatic heterocycles. The zero-order chi connectivity index (χ0) is 24.0. The molecule has 2 aromatic heterocycles. The molecule has 5 rings (SSSR count). The fraction of sp³-hybridized carbons (Fsp3) is 0.240. The van der Waals surface area contributed by atoms with Gasteiger partial charge < -0.3 is 9.64 Å². The maximum absolute atomic E-state index is 14.2. The summed E-state index contributed by atoms with van der Waals surface area (Å²) in [7, 11) is 3.55. The first kappa shape index (κ1) is 22.2. The quantitative estimate of drug-likeness (QED) is 0.419. The molecule has 0 atom stereocenters. The lowest BCUT2D eigenvalue weighted by atomic mass is 10.0. The van der Waals surface area contributed by atoms with Gasteiger partial charge in [0, 0.05) is 36.3 Å². The first-order valence-electron chi connectivity index (χ1n) is 11.0. The van der Waals surface area contributed by atoms with Crippen molar-refractivity contribution in [1.82, 2.24) is 24.9 Å². The zero-order valence-electron chi connectivity index (χ0n) is 19.0. The highest BCUT2D eigenvalue weighted by Crippen LogP contribution is 2.37. The summed E-state index contributed by atoms with van der Waals surface area (Å²) >= 11 is 6.57. The normalized spacial score (nSPS) is 15.0. The summed E-state index contributed by atoms with van der Waals surface area (Å²) in [5.41, 5.74) is 4.66. The third-order valence-corrected chi connectivity index (χ3v) is 6.39. The molecule has 34 heavy (non-hydrogen) atoms. The molecule has 174 valence electrons. The van der Waals surface area contributed by atoms with Crippen LogP contribution in [0.3, 0.4) is 0 Å². The molecule has 0 saturated carbocycles. The molecule has 1 amide bonds. The minimum Gasteiger partial charge on any atom is -0.491 e. The van der Waals surface area contributed by atoms with Gasteiger partial charge in [-0.1, -0.05) is 18.5 Å². The molecule has 0 radical (unpaired) electrons. The smallest absolute Gasteiger partial charge is 0.274 e. The van der Waals surface area contributed by atoms with Crippen LogP contribution in [0.15, 0.2) is 30.3 Å². The van der Waals surface area contributed by atoms with Gasteiger partial charge in [0.1, 0.15) is 18.2 Å². The number of aromatic nitrogens is 4. The number of nitrogens with one attached hydrogen (secondary N) is 1. The number of rotatable bonds is 1. The van der Waals surface area contributed by atoms with E-state index in [9.17, 15) is 9.18 Å². The van der Waals surface area contributed by atoms with Gasteiger partial charge in [0.05, 0.1) is 22.8 Å². The summed E-state index contributed by atoms with van der Waals surface area (Å²) < 4.78 is 21.9. The fourth-order valence-electron chi connectivity index (χ4n) is 4.30. The van der Waals surface area contributed by atoms with Gasteiger partial charge in [-0.05, 0) is 54.5 Å². The molecule has 2 bridgehead atoms. The van der Waals surface area contributed by atoms with Gasteiger partial charge in [0.15, 0.2) is 5.69 Å². The Hall–Kier alpha value is -3.65. The predicted octanol–water partition coefficient (Wildman–Crippen LogP) is 4.95. The van der Waals surface area contributed by atoms with Crippen LogP contribution < -0.4 is 4.74 Å². The number of hydrogen-bond acceptors (Lipinski definition) is 4. The maximum Gasteiger partial charge on any atom is 0.274 e. The van der Waals surface area contributed by atoms with Crippen molar-refractivity contribution in [3.63, 3.8) is 0 Å². The number of carbonyl (C=O) groups excluding carboxylic acids is 1. The van der Waals surface area contributed by atoms with Gasteiger partial charge in [0.2, 0.25) is 0 Å². The first-order valence-corrected chi connectivity index (χ1v) is 11.3. The van der Waals surface area contributed by atoms with Crippen molar-refractivity contribution in [2.45, 2.75) is 13.3 Å². The van der Waals surface area contributed by atoms with Crippen LogP contribution in [-0.4, -0.2) is 51.0 Å². The Morgan fingerprint density at radius 2 is 2.03 bits per heavy atom. The van der Waals surface area contributed by atoms with Gasteiger partial charge in [-0.2, -0.15) is 10.2 Å². The van der Waals surface area contributed by atoms with Gasteiger partial charge in [-0.25, -0.2) is 4.39 Å². The molecule has 1 N–H and O–H groups in total. The predicted molar refractivity (Wildman–Crippen MR) is 130 cm³/mol. The fourth-order valence-corrected chi connectivity index (χ4v) is 4.56. The molecular formula is C25H23ClFN5O2. The van der Waals surface area contributed by atoms with E-state index < -0.39 is 0 Å². The molecule has 0 spiro atoms. The van der Waals surface area contributed by atoms with Crippen molar-refractivity contribution in [2.24, 2.45) is 7.05 Å². The van der Waals surface area contributed by atoms with Gasteiger partial charge in [0.25, 0.3) is 5.91 Å². The lowest BCUT2D eigenvalue weighted by Gasteiger charge is -2.18. The Labute approximate surface area is 200 Å². The third kappa shape index (κ3) is 3.74. The van der Waals surface area contributed by atoms with Gasteiger partial charge in [-0.3, -0.25) is 14.6 Å². The van der Waals surface area contributed by atoms with E-state index in [1.165, 1.54) is 12.1 Å². The Bertz CT molecular complexity index is 1460. The standard InChI is InChI=1S/C25H23ClFN5O2/c1-4-21-16-6-7-20-18-11-14(12-19(26)23(18)29-28-20)17-13-15(27)5-8-22(17)34-10-9-31(2)25(33)24(16)30-32(21)3/h5-8,11-13H,4,9-10H2,1-3H3,(H,28,29)/b7-6+. The topological polar surface area (TPSA) is 76.0 Å². The molecule has 0 fully saturated rings. The molecular weight excluding hydrogens is 457 g/mol. The maximum atomic E-state index is 14.2. The molecule has 4 aromatic rings. The number of amides is 1. The number of aromatic amines is 1. The van der Waals surface area contributed by atoms with E-state index in [0.29, 0.717) is 51.8 Å². The van der Waals surface area contributed by atoms with E-state index in [2.05, 4.69) is 15.3 Å². The number of nitrogens with zero attached hydrogens (tertiary/aromatic N) is 4. The summed E-state index contributed by atoms with van der Waals surface area (Å²) in [4.78, 5) is 14.8. The molecule has 2 aromatic carbocycles. The van der Waals surface area contributed by atoms with E-state index in [4.69, 9.17) is 16.3 Å². The van der Waals surface area contributed by atoms with E-state index >= 15 is 0 Å². The second-order valence-corrected chi connectivity index (χ2v) is 8.63. The molecule has 0 aliphatic carbocycles. The average Bonchev–Trinajstić information content (AvgIpc) is 3.37.